The van der Waals surface area contributed by atoms with E-state index < -0.39 is 0 Å². The van der Waals surface area contributed by atoms with Crippen LogP contribution in [0, 0.1) is 13.8 Å². The first-order valence-electron chi connectivity index (χ1n) is 7.34. The zero-order valence-corrected chi connectivity index (χ0v) is 12.5. The zero-order valence-electron chi connectivity index (χ0n) is 12.5. The molecule has 0 amide bonds. The third-order valence-corrected chi connectivity index (χ3v) is 4.07. The number of rotatable bonds is 4. The summed E-state index contributed by atoms with van der Waals surface area (Å²) in [5, 5.41) is 3.39. The minimum atomic E-state index is 1.14. The highest BCUT2D eigenvalue weighted by Gasteiger charge is 2.07. The van der Waals surface area contributed by atoms with Gasteiger partial charge in [0.2, 0.25) is 0 Å². The van der Waals surface area contributed by atoms with Crippen LogP contribution in [-0.2, 0) is 0 Å². The average Bonchev–Trinajstić information content (AvgIpc) is 2.43. The molecule has 1 aliphatic rings. The summed E-state index contributed by atoms with van der Waals surface area (Å²) in [6.45, 7) is 12.4. The van der Waals surface area contributed by atoms with Gasteiger partial charge in [0.15, 0.2) is 0 Å². The van der Waals surface area contributed by atoms with Crippen molar-refractivity contribution in [1.29, 1.82) is 0 Å². The largest absolute Gasteiger partial charge is 0.314 e. The lowest BCUT2D eigenvalue weighted by Crippen LogP contribution is -2.43. The Hall–Kier alpha value is -1.12. The molecule has 1 aromatic carbocycles. The molecule has 0 saturated carbocycles. The summed E-state index contributed by atoms with van der Waals surface area (Å²) in [4.78, 5) is 2.54. The van der Waals surface area contributed by atoms with Crippen molar-refractivity contribution in [1.82, 2.24) is 10.2 Å². The van der Waals surface area contributed by atoms with E-state index in [1.54, 1.807) is 0 Å². The van der Waals surface area contributed by atoms with E-state index in [1.165, 1.54) is 41.9 Å². The predicted molar refractivity (Wildman–Crippen MR) is 83.5 cm³/mol. The summed E-state index contributed by atoms with van der Waals surface area (Å²) in [5.41, 5.74) is 5.52. The molecule has 19 heavy (non-hydrogen) atoms. The lowest BCUT2D eigenvalue weighted by Gasteiger charge is -2.26. The first kappa shape index (κ1) is 14.3. The first-order valence-corrected chi connectivity index (χ1v) is 7.34. The Bertz CT molecular complexity index is 443. The third kappa shape index (κ3) is 4.19. The van der Waals surface area contributed by atoms with E-state index in [0.717, 1.165) is 19.5 Å². The van der Waals surface area contributed by atoms with Gasteiger partial charge in [-0.3, -0.25) is 0 Å². The smallest absolute Gasteiger partial charge is 0.0107 e. The molecule has 104 valence electrons. The van der Waals surface area contributed by atoms with Crippen LogP contribution in [0.5, 0.6) is 0 Å². The highest BCUT2D eigenvalue weighted by molar-refractivity contribution is 5.64. The molecule has 0 spiro atoms. The quantitative estimate of drug-likeness (QED) is 0.893. The zero-order chi connectivity index (χ0) is 13.7. The molecule has 2 rings (SSSR count). The maximum atomic E-state index is 3.39. The fraction of sp³-hybridized carbons (Fsp3) is 0.529. The predicted octanol–water partition coefficient (Wildman–Crippen LogP) is 3.00. The highest BCUT2D eigenvalue weighted by atomic mass is 15.2. The Morgan fingerprint density at radius 2 is 1.95 bits per heavy atom. The van der Waals surface area contributed by atoms with Crippen molar-refractivity contribution in [2.24, 2.45) is 0 Å². The summed E-state index contributed by atoms with van der Waals surface area (Å²) in [7, 11) is 0. The second-order valence-corrected chi connectivity index (χ2v) is 5.57. The first-order chi connectivity index (χ1) is 9.16. The van der Waals surface area contributed by atoms with Gasteiger partial charge >= 0.3 is 0 Å². The van der Waals surface area contributed by atoms with Gasteiger partial charge in [0.25, 0.3) is 0 Å². The number of nitrogens with one attached hydrogen (secondary N) is 1. The van der Waals surface area contributed by atoms with Crippen molar-refractivity contribution in [2.75, 3.05) is 32.7 Å². The summed E-state index contributed by atoms with van der Waals surface area (Å²) in [5.74, 6) is 0. The SMILES string of the molecule is C/C(=C\CCN1CCNCC1)c1ccc(C)c(C)c1. The van der Waals surface area contributed by atoms with E-state index in [1.807, 2.05) is 0 Å². The molecule has 1 aromatic rings. The van der Waals surface area contributed by atoms with E-state index >= 15 is 0 Å². The van der Waals surface area contributed by atoms with E-state index in [4.69, 9.17) is 0 Å². The van der Waals surface area contributed by atoms with Crippen LogP contribution in [0.25, 0.3) is 5.57 Å². The number of allylic oxidation sites excluding steroid dienone is 1. The lowest BCUT2D eigenvalue weighted by atomic mass is 10.0. The second-order valence-electron chi connectivity index (χ2n) is 5.57. The number of aryl methyl sites for hydroxylation is 2. The minimum absolute atomic E-state index is 1.14. The van der Waals surface area contributed by atoms with Crippen molar-refractivity contribution >= 4 is 5.57 Å². The van der Waals surface area contributed by atoms with Gasteiger partial charge in [0.1, 0.15) is 0 Å². The van der Waals surface area contributed by atoms with E-state index in [2.05, 4.69) is 55.3 Å². The molecule has 1 aliphatic heterocycles. The molecule has 2 heteroatoms. The van der Waals surface area contributed by atoms with Crippen LogP contribution in [0.2, 0.25) is 0 Å². The van der Waals surface area contributed by atoms with Crippen LogP contribution >= 0.6 is 0 Å². The third-order valence-electron chi connectivity index (χ3n) is 4.07. The van der Waals surface area contributed by atoms with Gasteiger partial charge in [-0.25, -0.2) is 0 Å². The Morgan fingerprint density at radius 3 is 2.63 bits per heavy atom. The Kier molecular flexibility index (Phi) is 5.17. The van der Waals surface area contributed by atoms with Gasteiger partial charge in [-0.15, -0.1) is 0 Å². The minimum Gasteiger partial charge on any atom is -0.314 e. The van der Waals surface area contributed by atoms with Gasteiger partial charge in [-0.05, 0) is 49.5 Å². The van der Waals surface area contributed by atoms with Crippen molar-refractivity contribution in [2.45, 2.75) is 27.2 Å². The van der Waals surface area contributed by atoms with Crippen LogP contribution in [0.4, 0.5) is 0 Å². The van der Waals surface area contributed by atoms with Crippen molar-refractivity contribution in [3.05, 3.63) is 41.0 Å². The van der Waals surface area contributed by atoms with Crippen molar-refractivity contribution < 1.29 is 0 Å². The van der Waals surface area contributed by atoms with Gasteiger partial charge in [-0.1, -0.05) is 24.3 Å². The molecule has 0 radical (unpaired) electrons. The Labute approximate surface area is 117 Å². The monoisotopic (exact) mass is 258 g/mol. The molecular weight excluding hydrogens is 232 g/mol. The van der Waals surface area contributed by atoms with Gasteiger partial charge < -0.3 is 10.2 Å². The molecule has 1 fully saturated rings. The van der Waals surface area contributed by atoms with Crippen molar-refractivity contribution in [3.63, 3.8) is 0 Å². The molecule has 0 aliphatic carbocycles. The Morgan fingerprint density at radius 1 is 1.21 bits per heavy atom. The molecule has 1 heterocycles. The van der Waals surface area contributed by atoms with Crippen molar-refractivity contribution in [3.8, 4) is 0 Å². The van der Waals surface area contributed by atoms with Crippen LogP contribution in [0.1, 0.15) is 30.0 Å². The number of piperazine rings is 1. The summed E-state index contributed by atoms with van der Waals surface area (Å²) in [6, 6.07) is 6.75. The van der Waals surface area contributed by atoms with Crippen LogP contribution in [-0.4, -0.2) is 37.6 Å². The summed E-state index contributed by atoms with van der Waals surface area (Å²) < 4.78 is 0. The average molecular weight is 258 g/mol. The van der Waals surface area contributed by atoms with E-state index in [-0.39, 0.29) is 0 Å². The number of hydrogen-bond acceptors (Lipinski definition) is 2. The van der Waals surface area contributed by atoms with Crippen LogP contribution < -0.4 is 5.32 Å². The van der Waals surface area contributed by atoms with Crippen LogP contribution in [0.15, 0.2) is 24.3 Å². The maximum Gasteiger partial charge on any atom is 0.0107 e. The van der Waals surface area contributed by atoms with Crippen LogP contribution in [0.3, 0.4) is 0 Å². The molecule has 1 saturated heterocycles. The van der Waals surface area contributed by atoms with E-state index in [9.17, 15) is 0 Å². The molecule has 1 N–H and O–H groups in total. The fourth-order valence-electron chi connectivity index (χ4n) is 2.50. The maximum absolute atomic E-state index is 3.39. The molecule has 2 nitrogen and oxygen atoms in total. The second kappa shape index (κ2) is 6.88. The summed E-state index contributed by atoms with van der Waals surface area (Å²) >= 11 is 0. The van der Waals surface area contributed by atoms with E-state index in [0.29, 0.717) is 0 Å². The highest BCUT2D eigenvalue weighted by Crippen LogP contribution is 2.18. The Balaban J connectivity index is 1.89. The molecule has 0 aromatic heterocycles. The summed E-state index contributed by atoms with van der Waals surface area (Å²) in [6.07, 6.45) is 3.53. The molecule has 0 atom stereocenters. The fourth-order valence-corrected chi connectivity index (χ4v) is 2.50. The molecular formula is C17H26N2. The number of hydrogen-bond donors (Lipinski definition) is 1. The molecule has 0 unspecified atom stereocenters. The number of benzene rings is 1. The lowest BCUT2D eigenvalue weighted by molar-refractivity contribution is 0.245. The number of nitrogens with zero attached hydrogens (tertiary/aromatic N) is 1. The van der Waals surface area contributed by atoms with Gasteiger partial charge in [0.05, 0.1) is 0 Å². The topological polar surface area (TPSA) is 15.3 Å². The standard InChI is InChI=1S/C17H26N2/c1-14-6-7-17(13-16(14)3)15(2)5-4-10-19-11-8-18-9-12-19/h5-7,13,18H,4,8-12H2,1-3H3/b15-5+. The molecule has 0 bridgehead atoms. The van der Waals surface area contributed by atoms with Gasteiger partial charge in [0, 0.05) is 32.7 Å². The normalized spacial score (nSPS) is 17.7. The van der Waals surface area contributed by atoms with Gasteiger partial charge in [-0.2, -0.15) is 0 Å².